The second-order valence-corrected chi connectivity index (χ2v) is 4.81. The molecule has 0 heterocycles. The summed E-state index contributed by atoms with van der Waals surface area (Å²) in [4.78, 5) is 11.0. The van der Waals surface area contributed by atoms with Gasteiger partial charge in [-0.25, -0.2) is 0 Å². The molecule has 0 N–H and O–H groups in total. The van der Waals surface area contributed by atoms with E-state index in [-0.39, 0.29) is 5.24 Å². The van der Waals surface area contributed by atoms with Crippen LogP contribution in [-0.2, 0) is 11.2 Å². The van der Waals surface area contributed by atoms with Crippen LogP contribution in [0, 0.1) is 13.8 Å². The van der Waals surface area contributed by atoms with Crippen LogP contribution in [0.15, 0.2) is 18.2 Å². The van der Waals surface area contributed by atoms with E-state index in [1.54, 1.807) is 6.08 Å². The Kier molecular flexibility index (Phi) is 3.15. The molecular formula is C14H15ClO. The summed E-state index contributed by atoms with van der Waals surface area (Å²) in [6.07, 6.45) is 4.73. The SMILES string of the molecule is Cc1cc(C)c2c(c1)/C(=C/C(=O)Cl)CCC2. The Morgan fingerprint density at radius 1 is 1.31 bits per heavy atom. The van der Waals surface area contributed by atoms with Gasteiger partial charge in [-0.2, -0.15) is 0 Å². The number of benzene rings is 1. The van der Waals surface area contributed by atoms with Gasteiger partial charge >= 0.3 is 0 Å². The van der Waals surface area contributed by atoms with Crippen molar-refractivity contribution in [3.05, 3.63) is 40.5 Å². The Labute approximate surface area is 101 Å². The third kappa shape index (κ3) is 2.19. The largest absolute Gasteiger partial charge is 0.276 e. The number of carbonyl (C=O) groups is 1. The average molecular weight is 235 g/mol. The lowest BCUT2D eigenvalue weighted by atomic mass is 9.84. The molecule has 0 saturated heterocycles. The van der Waals surface area contributed by atoms with Gasteiger partial charge in [0, 0.05) is 6.08 Å². The Bertz CT molecular complexity index is 472. The molecule has 1 aliphatic rings. The lowest BCUT2D eigenvalue weighted by molar-refractivity contribution is -0.107. The van der Waals surface area contributed by atoms with E-state index < -0.39 is 0 Å². The fourth-order valence-electron chi connectivity index (χ4n) is 2.49. The third-order valence-electron chi connectivity index (χ3n) is 3.12. The smallest absolute Gasteiger partial charge is 0.245 e. The maximum absolute atomic E-state index is 11.0. The first-order valence-corrected chi connectivity index (χ1v) is 5.96. The van der Waals surface area contributed by atoms with Crippen molar-refractivity contribution in [3.63, 3.8) is 0 Å². The molecule has 0 bridgehead atoms. The van der Waals surface area contributed by atoms with Crippen molar-refractivity contribution in [1.29, 1.82) is 0 Å². The minimum absolute atomic E-state index is 0.373. The van der Waals surface area contributed by atoms with Gasteiger partial charge in [0.2, 0.25) is 5.24 Å². The van der Waals surface area contributed by atoms with Crippen LogP contribution in [0.1, 0.15) is 35.1 Å². The van der Waals surface area contributed by atoms with Crippen molar-refractivity contribution in [3.8, 4) is 0 Å². The highest BCUT2D eigenvalue weighted by molar-refractivity contribution is 6.67. The number of hydrogen-bond donors (Lipinski definition) is 0. The summed E-state index contributed by atoms with van der Waals surface area (Å²) in [7, 11) is 0. The monoisotopic (exact) mass is 234 g/mol. The molecule has 1 aromatic carbocycles. The summed E-state index contributed by atoms with van der Waals surface area (Å²) in [5.74, 6) is 0. The number of allylic oxidation sites excluding steroid dienone is 2. The number of fused-ring (bicyclic) bond motifs is 1. The Morgan fingerprint density at radius 2 is 2.06 bits per heavy atom. The first-order chi connectivity index (χ1) is 7.58. The third-order valence-corrected chi connectivity index (χ3v) is 3.23. The van der Waals surface area contributed by atoms with Gasteiger partial charge in [0.15, 0.2) is 0 Å². The van der Waals surface area contributed by atoms with E-state index in [1.807, 2.05) is 0 Å². The predicted molar refractivity (Wildman–Crippen MR) is 67.7 cm³/mol. The van der Waals surface area contributed by atoms with Gasteiger partial charge in [0.1, 0.15) is 0 Å². The maximum Gasteiger partial charge on any atom is 0.245 e. The van der Waals surface area contributed by atoms with Gasteiger partial charge in [0.05, 0.1) is 0 Å². The molecule has 0 aromatic heterocycles. The molecule has 0 radical (unpaired) electrons. The summed E-state index contributed by atoms with van der Waals surface area (Å²) in [6, 6.07) is 4.36. The molecule has 0 spiro atoms. The van der Waals surface area contributed by atoms with Crippen LogP contribution in [0.25, 0.3) is 5.57 Å². The molecule has 84 valence electrons. The molecule has 2 heteroatoms. The lowest BCUT2D eigenvalue weighted by Gasteiger charge is -2.21. The van der Waals surface area contributed by atoms with E-state index in [1.165, 1.54) is 22.3 Å². The van der Waals surface area contributed by atoms with Gasteiger partial charge in [-0.3, -0.25) is 4.79 Å². The molecule has 0 aliphatic heterocycles. The van der Waals surface area contributed by atoms with Crippen LogP contribution in [0.5, 0.6) is 0 Å². The maximum atomic E-state index is 11.0. The first-order valence-electron chi connectivity index (χ1n) is 5.58. The van der Waals surface area contributed by atoms with E-state index >= 15 is 0 Å². The second kappa shape index (κ2) is 4.42. The summed E-state index contributed by atoms with van der Waals surface area (Å²) in [5.41, 5.74) is 6.25. The minimum Gasteiger partial charge on any atom is -0.276 e. The van der Waals surface area contributed by atoms with E-state index in [2.05, 4.69) is 26.0 Å². The molecule has 0 saturated carbocycles. The van der Waals surface area contributed by atoms with Crippen LogP contribution in [0.2, 0.25) is 0 Å². The molecule has 16 heavy (non-hydrogen) atoms. The van der Waals surface area contributed by atoms with E-state index in [0.717, 1.165) is 24.8 Å². The van der Waals surface area contributed by atoms with Crippen LogP contribution < -0.4 is 0 Å². The van der Waals surface area contributed by atoms with Crippen LogP contribution in [-0.4, -0.2) is 5.24 Å². The molecule has 1 nitrogen and oxygen atoms in total. The molecule has 1 aromatic rings. The summed E-state index contributed by atoms with van der Waals surface area (Å²) < 4.78 is 0. The Hall–Kier alpha value is -1.08. The predicted octanol–water partition coefficient (Wildman–Crippen LogP) is 3.79. The number of hydrogen-bond acceptors (Lipinski definition) is 1. The van der Waals surface area contributed by atoms with Gasteiger partial charge in [-0.15, -0.1) is 0 Å². The van der Waals surface area contributed by atoms with Crippen LogP contribution in [0.4, 0.5) is 0 Å². The van der Waals surface area contributed by atoms with Gasteiger partial charge in [-0.1, -0.05) is 17.7 Å². The number of aryl methyl sites for hydroxylation is 2. The lowest BCUT2D eigenvalue weighted by Crippen LogP contribution is -2.05. The first kappa shape index (κ1) is 11.4. The minimum atomic E-state index is -0.373. The standard InChI is InChI=1S/C14H15ClO/c1-9-6-10(2)12-5-3-4-11(8-14(15)16)13(12)7-9/h6-8H,3-5H2,1-2H3/b11-8+. The van der Waals surface area contributed by atoms with E-state index in [9.17, 15) is 4.79 Å². The molecular weight excluding hydrogens is 220 g/mol. The molecule has 0 fully saturated rings. The van der Waals surface area contributed by atoms with Crippen LogP contribution in [0.3, 0.4) is 0 Å². The molecule has 0 unspecified atom stereocenters. The zero-order valence-corrected chi connectivity index (χ0v) is 10.4. The van der Waals surface area contributed by atoms with Gasteiger partial charge in [-0.05, 0) is 67.0 Å². The van der Waals surface area contributed by atoms with Crippen molar-refractivity contribution in [2.75, 3.05) is 0 Å². The zero-order chi connectivity index (χ0) is 11.7. The van der Waals surface area contributed by atoms with Crippen LogP contribution >= 0.6 is 11.6 Å². The molecule has 0 atom stereocenters. The molecule has 2 rings (SSSR count). The fraction of sp³-hybridized carbons (Fsp3) is 0.357. The van der Waals surface area contributed by atoms with Crippen molar-refractivity contribution in [1.82, 2.24) is 0 Å². The number of halogens is 1. The van der Waals surface area contributed by atoms with E-state index in [0.29, 0.717) is 0 Å². The number of carbonyl (C=O) groups excluding carboxylic acids is 1. The summed E-state index contributed by atoms with van der Waals surface area (Å²) in [5, 5.41) is -0.373. The van der Waals surface area contributed by atoms with E-state index in [4.69, 9.17) is 11.6 Å². The van der Waals surface area contributed by atoms with Gasteiger partial charge in [0.25, 0.3) is 0 Å². The molecule has 0 amide bonds. The highest BCUT2D eigenvalue weighted by Gasteiger charge is 2.16. The van der Waals surface area contributed by atoms with Crippen molar-refractivity contribution in [2.24, 2.45) is 0 Å². The van der Waals surface area contributed by atoms with Crippen molar-refractivity contribution >= 4 is 22.4 Å². The zero-order valence-electron chi connectivity index (χ0n) is 9.64. The summed E-state index contributed by atoms with van der Waals surface area (Å²) >= 11 is 5.44. The number of rotatable bonds is 1. The molecule has 1 aliphatic carbocycles. The highest BCUT2D eigenvalue weighted by Crippen LogP contribution is 2.33. The topological polar surface area (TPSA) is 17.1 Å². The fourth-order valence-corrected chi connectivity index (χ4v) is 2.62. The Balaban J connectivity index is 2.58. The normalized spacial score (nSPS) is 17.3. The highest BCUT2D eigenvalue weighted by atomic mass is 35.5. The quantitative estimate of drug-likeness (QED) is 0.534. The van der Waals surface area contributed by atoms with Crippen molar-refractivity contribution in [2.45, 2.75) is 33.1 Å². The summed E-state index contributed by atoms with van der Waals surface area (Å²) in [6.45, 7) is 4.22. The van der Waals surface area contributed by atoms with Gasteiger partial charge < -0.3 is 0 Å². The average Bonchev–Trinajstić information content (AvgIpc) is 2.18. The second-order valence-electron chi connectivity index (χ2n) is 4.44. The Morgan fingerprint density at radius 3 is 2.75 bits per heavy atom. The van der Waals surface area contributed by atoms with Crippen molar-refractivity contribution < 1.29 is 4.79 Å².